The predicted molar refractivity (Wildman–Crippen MR) is 133 cm³/mol. The van der Waals surface area contributed by atoms with Crippen molar-refractivity contribution < 1.29 is 19.2 Å². The number of anilines is 1. The second-order valence-electron chi connectivity index (χ2n) is 7.94. The van der Waals surface area contributed by atoms with Gasteiger partial charge in [-0.2, -0.15) is 0 Å². The molecule has 3 aromatic rings. The van der Waals surface area contributed by atoms with Gasteiger partial charge in [0.15, 0.2) is 0 Å². The van der Waals surface area contributed by atoms with E-state index in [1.807, 2.05) is 11.4 Å². The number of esters is 1. The number of amides is 1. The third-order valence-electron chi connectivity index (χ3n) is 5.70. The molecule has 174 valence electrons. The molecule has 8 heteroatoms. The molecule has 1 amide bonds. The molecule has 1 aromatic heterocycles. The van der Waals surface area contributed by atoms with Crippen LogP contribution in [0.1, 0.15) is 46.8 Å². The number of aryl methyl sites for hydroxylation is 2. The zero-order valence-electron chi connectivity index (χ0n) is 18.7. The first-order valence-electron chi connectivity index (χ1n) is 11.1. The number of non-ortho nitro benzene ring substituents is 1. The maximum Gasteiger partial charge on any atom is 0.341 e. The minimum Gasteiger partial charge on any atom is -0.462 e. The molecule has 1 aliphatic carbocycles. The average Bonchev–Trinajstić information content (AvgIpc) is 3.26. The lowest BCUT2D eigenvalue weighted by Gasteiger charge is -2.17. The molecule has 7 nitrogen and oxygen atoms in total. The molecule has 0 atom stereocenters. The molecule has 0 saturated carbocycles. The number of hydrogen-bond acceptors (Lipinski definition) is 6. The number of hydrogen-bond donors (Lipinski definition) is 1. The van der Waals surface area contributed by atoms with Crippen molar-refractivity contribution in [3.63, 3.8) is 0 Å². The number of fused-ring (bicyclic) bond motifs is 1. The van der Waals surface area contributed by atoms with Crippen molar-refractivity contribution in [1.29, 1.82) is 0 Å². The summed E-state index contributed by atoms with van der Waals surface area (Å²) in [6.45, 7) is 1.97. The summed E-state index contributed by atoms with van der Waals surface area (Å²) in [6, 6.07) is 12.2. The highest BCUT2D eigenvalue weighted by molar-refractivity contribution is 7.15. The molecule has 0 fully saturated rings. The van der Waals surface area contributed by atoms with Crippen LogP contribution in [0.4, 0.5) is 10.7 Å². The highest BCUT2D eigenvalue weighted by atomic mass is 32.1. The zero-order valence-corrected chi connectivity index (χ0v) is 19.5. The summed E-state index contributed by atoms with van der Waals surface area (Å²) in [4.78, 5) is 35.7. The monoisotopic (exact) mass is 476 g/mol. The van der Waals surface area contributed by atoms with Gasteiger partial charge in [-0.15, -0.1) is 11.3 Å². The van der Waals surface area contributed by atoms with Crippen molar-refractivity contribution in [3.05, 3.63) is 86.3 Å². The Morgan fingerprint density at radius 1 is 1.12 bits per heavy atom. The molecule has 1 N–H and O–H groups in total. The lowest BCUT2D eigenvalue weighted by atomic mass is 9.89. The molecule has 2 aromatic carbocycles. The van der Waals surface area contributed by atoms with Crippen LogP contribution in [0, 0.1) is 10.1 Å². The smallest absolute Gasteiger partial charge is 0.341 e. The number of nitro groups is 1. The summed E-state index contributed by atoms with van der Waals surface area (Å²) < 4.78 is 5.29. The average molecular weight is 477 g/mol. The molecule has 0 unspecified atom stereocenters. The van der Waals surface area contributed by atoms with Crippen LogP contribution in [0.15, 0.2) is 53.9 Å². The summed E-state index contributed by atoms with van der Waals surface area (Å²) in [5, 5.41) is 15.9. The van der Waals surface area contributed by atoms with Crippen LogP contribution in [0.2, 0.25) is 0 Å². The Labute approximate surface area is 201 Å². The number of nitrogens with zero attached hydrogens (tertiary/aromatic N) is 1. The van der Waals surface area contributed by atoms with Gasteiger partial charge in [0.1, 0.15) is 10.6 Å². The van der Waals surface area contributed by atoms with E-state index >= 15 is 0 Å². The van der Waals surface area contributed by atoms with Gasteiger partial charge in [0.05, 0.1) is 11.5 Å². The van der Waals surface area contributed by atoms with E-state index in [0.717, 1.165) is 30.4 Å². The van der Waals surface area contributed by atoms with Crippen LogP contribution < -0.4 is 5.32 Å². The van der Waals surface area contributed by atoms with Gasteiger partial charge >= 0.3 is 5.97 Å². The Morgan fingerprint density at radius 2 is 1.85 bits per heavy atom. The van der Waals surface area contributed by atoms with E-state index in [2.05, 4.69) is 17.4 Å². The number of rotatable bonds is 7. The third kappa shape index (κ3) is 5.23. The molecule has 0 bridgehead atoms. The van der Waals surface area contributed by atoms with Crippen molar-refractivity contribution in [1.82, 2.24) is 0 Å². The Morgan fingerprint density at radius 3 is 2.56 bits per heavy atom. The van der Waals surface area contributed by atoms with Crippen molar-refractivity contribution in [2.45, 2.75) is 32.6 Å². The molecule has 0 saturated heterocycles. The fourth-order valence-electron chi connectivity index (χ4n) is 4.00. The maximum atomic E-state index is 12.8. The summed E-state index contributed by atoms with van der Waals surface area (Å²) >= 11 is 1.28. The Kier molecular flexibility index (Phi) is 7.18. The number of ether oxygens (including phenoxy) is 1. The van der Waals surface area contributed by atoms with E-state index in [9.17, 15) is 19.7 Å². The van der Waals surface area contributed by atoms with E-state index in [4.69, 9.17) is 4.74 Å². The fraction of sp³-hybridized carbons (Fsp3) is 0.231. The number of carbonyl (C=O) groups excluding carboxylic acids is 2. The molecule has 1 aliphatic rings. The summed E-state index contributed by atoms with van der Waals surface area (Å²) in [7, 11) is 0. The normalized spacial score (nSPS) is 12.9. The van der Waals surface area contributed by atoms with Gasteiger partial charge < -0.3 is 10.1 Å². The Hall–Kier alpha value is -3.78. The summed E-state index contributed by atoms with van der Waals surface area (Å²) in [5.41, 5.74) is 5.31. The van der Waals surface area contributed by atoms with Gasteiger partial charge in [-0.1, -0.05) is 18.2 Å². The second kappa shape index (κ2) is 10.4. The van der Waals surface area contributed by atoms with Crippen molar-refractivity contribution >= 4 is 40.0 Å². The van der Waals surface area contributed by atoms with Gasteiger partial charge in [0.25, 0.3) is 5.69 Å². The summed E-state index contributed by atoms with van der Waals surface area (Å²) in [6.07, 6.45) is 7.34. The third-order valence-corrected chi connectivity index (χ3v) is 6.59. The molecule has 0 spiro atoms. The minimum atomic E-state index is -0.480. The quantitative estimate of drug-likeness (QED) is 0.194. The predicted octanol–water partition coefficient (Wildman–Crippen LogP) is 6.03. The molecule has 1 heterocycles. The first-order chi connectivity index (χ1) is 16.5. The molecular weight excluding hydrogens is 452 g/mol. The lowest BCUT2D eigenvalue weighted by Crippen LogP contribution is -2.12. The molecular formula is C26H24N2O5S. The molecule has 0 radical (unpaired) electrons. The highest BCUT2D eigenvalue weighted by Gasteiger charge is 2.23. The van der Waals surface area contributed by atoms with Crippen LogP contribution in [-0.4, -0.2) is 23.4 Å². The van der Waals surface area contributed by atoms with E-state index < -0.39 is 16.8 Å². The Bertz CT molecular complexity index is 1260. The highest BCUT2D eigenvalue weighted by Crippen LogP contribution is 2.38. The van der Waals surface area contributed by atoms with E-state index in [-0.39, 0.29) is 12.3 Å². The van der Waals surface area contributed by atoms with Crippen molar-refractivity contribution in [2.24, 2.45) is 0 Å². The largest absolute Gasteiger partial charge is 0.462 e. The van der Waals surface area contributed by atoms with Gasteiger partial charge in [0, 0.05) is 29.2 Å². The van der Waals surface area contributed by atoms with Crippen molar-refractivity contribution in [2.75, 3.05) is 11.9 Å². The zero-order chi connectivity index (χ0) is 24.1. The fourth-order valence-corrected chi connectivity index (χ4v) is 4.96. The van der Waals surface area contributed by atoms with Crippen LogP contribution in [0.3, 0.4) is 0 Å². The van der Waals surface area contributed by atoms with Gasteiger partial charge in [-0.05, 0) is 73.1 Å². The number of nitrogens with one attached hydrogen (secondary N) is 1. The first-order valence-corrected chi connectivity index (χ1v) is 12.0. The minimum absolute atomic E-state index is 0.0195. The van der Waals surface area contributed by atoms with Crippen LogP contribution in [0.5, 0.6) is 0 Å². The summed E-state index contributed by atoms with van der Waals surface area (Å²) in [5.74, 6) is -0.895. The molecule has 4 rings (SSSR count). The van der Waals surface area contributed by atoms with Crippen LogP contribution in [-0.2, 0) is 22.4 Å². The van der Waals surface area contributed by atoms with Gasteiger partial charge in [-0.3, -0.25) is 14.9 Å². The maximum absolute atomic E-state index is 12.8. The number of thiophene rings is 1. The topological polar surface area (TPSA) is 98.5 Å². The molecule has 34 heavy (non-hydrogen) atoms. The van der Waals surface area contributed by atoms with Crippen LogP contribution in [0.25, 0.3) is 17.2 Å². The molecule has 0 aliphatic heterocycles. The van der Waals surface area contributed by atoms with Crippen LogP contribution >= 0.6 is 11.3 Å². The van der Waals surface area contributed by atoms with E-state index in [0.29, 0.717) is 16.1 Å². The Balaban J connectivity index is 1.58. The van der Waals surface area contributed by atoms with Gasteiger partial charge in [0.2, 0.25) is 5.91 Å². The standard InChI is InChI=1S/C26H24N2O5S/c1-2-33-26(30)24-22(20-11-10-18-5-3-4-6-19(18)15-20)16-34-25(24)27-23(29)14-9-17-7-12-21(13-8-17)28(31)32/h7-16H,2-6H2,1H3,(H,27,29)/b14-9+. The second-order valence-corrected chi connectivity index (χ2v) is 8.82. The SMILES string of the molecule is CCOC(=O)c1c(-c2ccc3c(c2)CCCC3)csc1NC(=O)/C=C/c1ccc([N+](=O)[O-])cc1. The lowest BCUT2D eigenvalue weighted by molar-refractivity contribution is -0.384. The van der Waals surface area contributed by atoms with E-state index in [1.165, 1.54) is 47.1 Å². The van der Waals surface area contributed by atoms with E-state index in [1.54, 1.807) is 25.1 Å². The van der Waals surface area contributed by atoms with Crippen molar-refractivity contribution in [3.8, 4) is 11.1 Å². The number of benzene rings is 2. The number of carbonyl (C=O) groups is 2. The number of nitro benzene ring substituents is 1. The first kappa shape index (κ1) is 23.4. The van der Waals surface area contributed by atoms with Gasteiger partial charge in [-0.25, -0.2) is 4.79 Å².